The molecule has 0 spiro atoms. The lowest BCUT2D eigenvalue weighted by Crippen LogP contribution is -2.24. The van der Waals surface area contributed by atoms with Gasteiger partial charge in [0.25, 0.3) is 0 Å². The van der Waals surface area contributed by atoms with E-state index in [0.29, 0.717) is 0 Å². The van der Waals surface area contributed by atoms with Crippen molar-refractivity contribution in [3.8, 4) is 0 Å². The smallest absolute Gasteiger partial charge is 0.0612 e. The molecule has 1 aromatic heterocycles. The van der Waals surface area contributed by atoms with Gasteiger partial charge in [0.15, 0.2) is 0 Å². The van der Waals surface area contributed by atoms with Crippen LogP contribution in [0.15, 0.2) is 47.6 Å². The summed E-state index contributed by atoms with van der Waals surface area (Å²) < 4.78 is 0. The number of nitrogens with one attached hydrogen (secondary N) is 1. The first-order chi connectivity index (χ1) is 10.3. The van der Waals surface area contributed by atoms with Gasteiger partial charge in [-0.2, -0.15) is 0 Å². The first-order valence-corrected chi connectivity index (χ1v) is 8.40. The molecule has 1 unspecified atom stereocenters. The molecule has 0 aliphatic carbocycles. The Balaban J connectivity index is 2.29. The van der Waals surface area contributed by atoms with Gasteiger partial charge in [0, 0.05) is 28.5 Å². The molecule has 0 saturated heterocycles. The van der Waals surface area contributed by atoms with Crippen LogP contribution in [-0.2, 0) is 0 Å². The molecule has 1 heterocycles. The number of anilines is 1. The third-order valence-electron chi connectivity index (χ3n) is 3.32. The highest BCUT2D eigenvalue weighted by molar-refractivity contribution is 7.99. The highest BCUT2D eigenvalue weighted by atomic mass is 32.2. The molecule has 3 nitrogen and oxygen atoms in total. The van der Waals surface area contributed by atoms with Gasteiger partial charge >= 0.3 is 0 Å². The molecule has 1 atom stereocenters. The second kappa shape index (κ2) is 8.05. The standard InChI is InChI=1S/C17H23N3S/c1-3-10-20-17(15-12-19-11-9-16(15)18)13-5-7-14(8-6-13)21-4-2/h5-9,11-12,17,20H,3-4,10H2,1-2H3,(H2,18,19). The predicted octanol–water partition coefficient (Wildman–Crippen LogP) is 3.86. The van der Waals surface area contributed by atoms with Crippen molar-refractivity contribution < 1.29 is 0 Å². The summed E-state index contributed by atoms with van der Waals surface area (Å²) in [6, 6.07) is 10.7. The summed E-state index contributed by atoms with van der Waals surface area (Å²) >= 11 is 1.86. The number of hydrogen-bond donors (Lipinski definition) is 2. The van der Waals surface area contributed by atoms with Crippen molar-refractivity contribution in [3.63, 3.8) is 0 Å². The van der Waals surface area contributed by atoms with Gasteiger partial charge < -0.3 is 11.1 Å². The van der Waals surface area contributed by atoms with Gasteiger partial charge in [0.05, 0.1) is 6.04 Å². The third-order valence-corrected chi connectivity index (χ3v) is 4.22. The van der Waals surface area contributed by atoms with Crippen LogP contribution in [0.25, 0.3) is 0 Å². The zero-order chi connectivity index (χ0) is 15.1. The normalized spacial score (nSPS) is 12.3. The van der Waals surface area contributed by atoms with E-state index in [4.69, 9.17) is 5.73 Å². The number of pyridine rings is 1. The monoisotopic (exact) mass is 301 g/mol. The second-order valence-electron chi connectivity index (χ2n) is 4.89. The molecule has 4 heteroatoms. The number of rotatable bonds is 7. The number of nitrogen functional groups attached to an aromatic ring is 1. The van der Waals surface area contributed by atoms with Crippen LogP contribution in [0.5, 0.6) is 0 Å². The summed E-state index contributed by atoms with van der Waals surface area (Å²) in [7, 11) is 0. The zero-order valence-corrected chi connectivity index (χ0v) is 13.5. The Morgan fingerprint density at radius 1 is 1.19 bits per heavy atom. The minimum absolute atomic E-state index is 0.0966. The van der Waals surface area contributed by atoms with E-state index in [1.165, 1.54) is 10.5 Å². The molecule has 0 amide bonds. The van der Waals surface area contributed by atoms with Crippen LogP contribution in [0.3, 0.4) is 0 Å². The average Bonchev–Trinajstić information content (AvgIpc) is 2.51. The maximum atomic E-state index is 6.12. The number of benzene rings is 1. The fourth-order valence-electron chi connectivity index (χ4n) is 2.28. The Bertz CT molecular complexity index is 554. The van der Waals surface area contributed by atoms with Crippen molar-refractivity contribution in [2.75, 3.05) is 18.0 Å². The first kappa shape index (κ1) is 15.9. The summed E-state index contributed by atoms with van der Waals surface area (Å²) in [6.07, 6.45) is 4.68. The summed E-state index contributed by atoms with van der Waals surface area (Å²) in [5, 5.41) is 3.57. The molecule has 2 rings (SSSR count). The van der Waals surface area contributed by atoms with E-state index in [9.17, 15) is 0 Å². The molecule has 0 radical (unpaired) electrons. The lowest BCUT2D eigenvalue weighted by Gasteiger charge is -2.21. The molecular weight excluding hydrogens is 278 g/mol. The van der Waals surface area contributed by atoms with E-state index in [1.54, 1.807) is 6.20 Å². The van der Waals surface area contributed by atoms with E-state index in [1.807, 2.05) is 24.0 Å². The topological polar surface area (TPSA) is 50.9 Å². The minimum atomic E-state index is 0.0966. The van der Waals surface area contributed by atoms with Gasteiger partial charge in [-0.15, -0.1) is 11.8 Å². The fourth-order valence-corrected chi connectivity index (χ4v) is 2.94. The number of nitrogens with two attached hydrogens (primary N) is 1. The molecule has 21 heavy (non-hydrogen) atoms. The zero-order valence-electron chi connectivity index (χ0n) is 12.7. The van der Waals surface area contributed by atoms with Crippen LogP contribution in [0, 0.1) is 0 Å². The lowest BCUT2D eigenvalue weighted by atomic mass is 9.99. The summed E-state index contributed by atoms with van der Waals surface area (Å²) in [6.45, 7) is 5.28. The van der Waals surface area contributed by atoms with Crippen molar-refractivity contribution in [2.24, 2.45) is 0 Å². The van der Waals surface area contributed by atoms with Crippen LogP contribution >= 0.6 is 11.8 Å². The average molecular weight is 301 g/mol. The Morgan fingerprint density at radius 2 is 1.95 bits per heavy atom. The molecule has 0 aliphatic rings. The molecule has 1 aromatic carbocycles. The maximum Gasteiger partial charge on any atom is 0.0612 e. The Morgan fingerprint density at radius 3 is 2.57 bits per heavy atom. The van der Waals surface area contributed by atoms with Crippen molar-refractivity contribution in [3.05, 3.63) is 53.9 Å². The van der Waals surface area contributed by atoms with Crippen LogP contribution in [0.1, 0.15) is 37.4 Å². The Kier molecular flexibility index (Phi) is 6.08. The van der Waals surface area contributed by atoms with Crippen LogP contribution in [-0.4, -0.2) is 17.3 Å². The van der Waals surface area contributed by atoms with Gasteiger partial charge in [-0.1, -0.05) is 26.0 Å². The van der Waals surface area contributed by atoms with E-state index in [0.717, 1.165) is 30.0 Å². The van der Waals surface area contributed by atoms with Gasteiger partial charge in [-0.05, 0) is 42.5 Å². The number of nitrogens with zero attached hydrogens (tertiary/aromatic N) is 1. The molecule has 0 bridgehead atoms. The summed E-state index contributed by atoms with van der Waals surface area (Å²) in [5.41, 5.74) is 9.18. The molecule has 112 valence electrons. The first-order valence-electron chi connectivity index (χ1n) is 7.41. The van der Waals surface area contributed by atoms with Crippen molar-refractivity contribution in [2.45, 2.75) is 31.2 Å². The number of thioether (sulfide) groups is 1. The number of hydrogen-bond acceptors (Lipinski definition) is 4. The van der Waals surface area contributed by atoms with Gasteiger partial charge in [-0.25, -0.2) is 0 Å². The summed E-state index contributed by atoms with van der Waals surface area (Å²) in [5.74, 6) is 1.09. The SMILES string of the molecule is CCCNC(c1ccc(SCC)cc1)c1cnccc1N. The van der Waals surface area contributed by atoms with Crippen molar-refractivity contribution >= 4 is 17.4 Å². The minimum Gasteiger partial charge on any atom is -0.398 e. The molecular formula is C17H23N3S. The highest BCUT2D eigenvalue weighted by Gasteiger charge is 2.16. The molecule has 3 N–H and O–H groups in total. The summed E-state index contributed by atoms with van der Waals surface area (Å²) in [4.78, 5) is 5.52. The molecule has 2 aromatic rings. The Labute approximate surface area is 131 Å². The van der Waals surface area contributed by atoms with E-state index in [-0.39, 0.29) is 6.04 Å². The maximum absolute atomic E-state index is 6.12. The quantitative estimate of drug-likeness (QED) is 0.762. The van der Waals surface area contributed by atoms with Crippen molar-refractivity contribution in [1.29, 1.82) is 0 Å². The highest BCUT2D eigenvalue weighted by Crippen LogP contribution is 2.28. The van der Waals surface area contributed by atoms with Gasteiger partial charge in [0.2, 0.25) is 0 Å². The number of aromatic nitrogens is 1. The fraction of sp³-hybridized carbons (Fsp3) is 0.353. The molecule has 0 fully saturated rings. The van der Waals surface area contributed by atoms with Gasteiger partial charge in [-0.3, -0.25) is 4.98 Å². The van der Waals surface area contributed by atoms with Crippen LogP contribution < -0.4 is 11.1 Å². The van der Waals surface area contributed by atoms with E-state index < -0.39 is 0 Å². The lowest BCUT2D eigenvalue weighted by molar-refractivity contribution is 0.598. The predicted molar refractivity (Wildman–Crippen MR) is 91.6 cm³/mol. The van der Waals surface area contributed by atoms with Crippen LogP contribution in [0.2, 0.25) is 0 Å². The molecule has 0 aliphatic heterocycles. The van der Waals surface area contributed by atoms with Crippen LogP contribution in [0.4, 0.5) is 5.69 Å². The Hall–Kier alpha value is -1.52. The third kappa shape index (κ3) is 4.22. The van der Waals surface area contributed by atoms with E-state index >= 15 is 0 Å². The largest absolute Gasteiger partial charge is 0.398 e. The second-order valence-corrected chi connectivity index (χ2v) is 6.23. The van der Waals surface area contributed by atoms with Gasteiger partial charge in [0.1, 0.15) is 0 Å². The van der Waals surface area contributed by atoms with E-state index in [2.05, 4.69) is 48.4 Å². The van der Waals surface area contributed by atoms with Crippen molar-refractivity contribution in [1.82, 2.24) is 10.3 Å². The molecule has 0 saturated carbocycles.